The normalized spacial score (nSPS) is 40.9. The van der Waals surface area contributed by atoms with Crippen LogP contribution in [0.25, 0.3) is 0 Å². The molecule has 6 heteroatoms. The van der Waals surface area contributed by atoms with E-state index in [1.807, 2.05) is 13.0 Å². The van der Waals surface area contributed by atoms with Gasteiger partial charge in [-0.3, -0.25) is 9.69 Å². The Bertz CT molecular complexity index is 556. The molecular formula is C18H27NO5. The largest absolute Gasteiger partial charge is 0.460 e. The minimum atomic E-state index is -1.61. The van der Waals surface area contributed by atoms with E-state index in [9.17, 15) is 14.7 Å². The number of nitrogens with zero attached hydrogens (tertiary/aromatic N) is 1. The molecule has 2 saturated heterocycles. The predicted octanol–water partition coefficient (Wildman–Crippen LogP) is 1.27. The number of aliphatic hydroxyl groups is 1. The van der Waals surface area contributed by atoms with E-state index in [0.717, 1.165) is 25.1 Å². The lowest BCUT2D eigenvalue weighted by molar-refractivity contribution is -0.171. The highest BCUT2D eigenvalue weighted by Gasteiger charge is 2.45. The molecule has 0 amide bonds. The SMILES string of the molecule is CC[C@H]1C[C@@H](C)[C@@](C)(O)C(=O)OCC2=CCN3CC[C@@H](OC1=O)[C@@H]23. The van der Waals surface area contributed by atoms with Gasteiger partial charge in [0.2, 0.25) is 0 Å². The number of cyclic esters (lactones) is 1. The summed E-state index contributed by atoms with van der Waals surface area (Å²) in [5, 5.41) is 10.6. The van der Waals surface area contributed by atoms with Crippen LogP contribution in [0, 0.1) is 11.8 Å². The fourth-order valence-electron chi connectivity index (χ4n) is 3.95. The monoisotopic (exact) mass is 337 g/mol. The van der Waals surface area contributed by atoms with E-state index in [0.29, 0.717) is 12.8 Å². The lowest BCUT2D eigenvalue weighted by Crippen LogP contribution is -2.46. The molecule has 2 fully saturated rings. The molecule has 6 nitrogen and oxygen atoms in total. The molecule has 0 aromatic heterocycles. The summed E-state index contributed by atoms with van der Waals surface area (Å²) >= 11 is 0. The van der Waals surface area contributed by atoms with Gasteiger partial charge in [-0.25, -0.2) is 4.79 Å². The second-order valence-corrected chi connectivity index (χ2v) is 7.45. The van der Waals surface area contributed by atoms with Crippen molar-refractivity contribution >= 4 is 11.9 Å². The first kappa shape index (κ1) is 17.4. The van der Waals surface area contributed by atoms with E-state index >= 15 is 0 Å². The highest BCUT2D eigenvalue weighted by atomic mass is 16.6. The summed E-state index contributed by atoms with van der Waals surface area (Å²) in [6.07, 6.45) is 3.71. The van der Waals surface area contributed by atoms with Gasteiger partial charge in [-0.05, 0) is 37.7 Å². The maximum absolute atomic E-state index is 12.6. The lowest BCUT2D eigenvalue weighted by Gasteiger charge is -2.32. The Hall–Kier alpha value is -1.40. The zero-order valence-corrected chi connectivity index (χ0v) is 14.7. The molecule has 3 heterocycles. The molecule has 3 rings (SSSR count). The van der Waals surface area contributed by atoms with Crippen molar-refractivity contribution in [3.8, 4) is 0 Å². The molecule has 0 aromatic rings. The Kier molecular flexibility index (Phi) is 4.71. The van der Waals surface area contributed by atoms with E-state index in [2.05, 4.69) is 4.90 Å². The highest BCUT2D eigenvalue weighted by Crippen LogP contribution is 2.34. The van der Waals surface area contributed by atoms with E-state index in [4.69, 9.17) is 9.47 Å². The molecule has 0 radical (unpaired) electrons. The van der Waals surface area contributed by atoms with Crippen molar-refractivity contribution in [2.24, 2.45) is 11.8 Å². The van der Waals surface area contributed by atoms with Crippen LogP contribution < -0.4 is 0 Å². The van der Waals surface area contributed by atoms with Crippen molar-refractivity contribution in [2.45, 2.75) is 57.8 Å². The van der Waals surface area contributed by atoms with Crippen molar-refractivity contribution in [1.29, 1.82) is 0 Å². The van der Waals surface area contributed by atoms with Gasteiger partial charge in [0.25, 0.3) is 0 Å². The smallest absolute Gasteiger partial charge is 0.338 e. The Morgan fingerprint density at radius 1 is 1.42 bits per heavy atom. The number of carbonyl (C=O) groups excluding carboxylic acids is 2. The van der Waals surface area contributed by atoms with E-state index in [1.54, 1.807) is 6.92 Å². The molecular weight excluding hydrogens is 310 g/mol. The van der Waals surface area contributed by atoms with Crippen LogP contribution in [-0.4, -0.2) is 59.4 Å². The van der Waals surface area contributed by atoms with Gasteiger partial charge < -0.3 is 14.6 Å². The van der Waals surface area contributed by atoms with Gasteiger partial charge in [-0.15, -0.1) is 0 Å². The second-order valence-electron chi connectivity index (χ2n) is 7.45. The van der Waals surface area contributed by atoms with Crippen molar-refractivity contribution in [1.82, 2.24) is 4.90 Å². The van der Waals surface area contributed by atoms with Crippen LogP contribution in [0.3, 0.4) is 0 Å². The van der Waals surface area contributed by atoms with Gasteiger partial charge in [0.05, 0.1) is 12.0 Å². The van der Waals surface area contributed by atoms with Crippen molar-refractivity contribution < 1.29 is 24.2 Å². The molecule has 0 spiro atoms. The summed E-state index contributed by atoms with van der Waals surface area (Å²) in [6.45, 7) is 6.99. The number of esters is 2. The minimum absolute atomic E-state index is 0.000977. The van der Waals surface area contributed by atoms with Crippen molar-refractivity contribution in [2.75, 3.05) is 19.7 Å². The number of carbonyl (C=O) groups is 2. The summed E-state index contributed by atoms with van der Waals surface area (Å²) in [6, 6.07) is 0.000977. The maximum Gasteiger partial charge on any atom is 0.338 e. The Labute approximate surface area is 142 Å². The first-order valence-electron chi connectivity index (χ1n) is 8.87. The van der Waals surface area contributed by atoms with Gasteiger partial charge >= 0.3 is 11.9 Å². The van der Waals surface area contributed by atoms with E-state index in [-0.39, 0.29) is 30.6 Å². The molecule has 0 saturated carbocycles. The van der Waals surface area contributed by atoms with Gasteiger partial charge in [0.1, 0.15) is 12.7 Å². The van der Waals surface area contributed by atoms with Crippen LogP contribution in [0.5, 0.6) is 0 Å². The first-order chi connectivity index (χ1) is 11.3. The Balaban J connectivity index is 1.88. The summed E-state index contributed by atoms with van der Waals surface area (Å²) < 4.78 is 11.2. The standard InChI is InChI=1S/C18H27NO5/c1-4-12-9-11(2)18(3,22)17(21)23-10-13-5-7-19-8-6-14(15(13)19)24-16(12)20/h5,11-12,14-15,22H,4,6-10H2,1-3H3/t11-,12+,14-,15-,18-/m1/s1. The third-order valence-electron chi connectivity index (χ3n) is 5.89. The third-order valence-corrected chi connectivity index (χ3v) is 5.89. The molecule has 0 aromatic carbocycles. The van der Waals surface area contributed by atoms with Crippen LogP contribution in [-0.2, 0) is 19.1 Å². The predicted molar refractivity (Wildman–Crippen MR) is 87.1 cm³/mol. The summed E-state index contributed by atoms with van der Waals surface area (Å²) in [7, 11) is 0. The molecule has 3 aliphatic rings. The molecule has 5 atom stereocenters. The van der Waals surface area contributed by atoms with Gasteiger partial charge in [0, 0.05) is 13.1 Å². The van der Waals surface area contributed by atoms with Gasteiger partial charge in [0.15, 0.2) is 5.60 Å². The highest BCUT2D eigenvalue weighted by molar-refractivity contribution is 5.79. The van der Waals surface area contributed by atoms with E-state index in [1.165, 1.54) is 6.92 Å². The second kappa shape index (κ2) is 6.48. The van der Waals surface area contributed by atoms with Gasteiger partial charge in [-0.2, -0.15) is 0 Å². The maximum atomic E-state index is 12.6. The molecule has 0 aliphatic carbocycles. The molecule has 1 N–H and O–H groups in total. The Morgan fingerprint density at radius 3 is 2.88 bits per heavy atom. The fraction of sp³-hybridized carbons (Fsp3) is 0.778. The third kappa shape index (κ3) is 2.97. The quantitative estimate of drug-likeness (QED) is 0.574. The lowest BCUT2D eigenvalue weighted by atomic mass is 9.82. The first-order valence-corrected chi connectivity index (χ1v) is 8.87. The molecule has 3 aliphatic heterocycles. The number of rotatable bonds is 1. The average Bonchev–Trinajstić information content (AvgIpc) is 3.12. The Morgan fingerprint density at radius 2 is 2.17 bits per heavy atom. The number of ether oxygens (including phenoxy) is 2. The zero-order valence-electron chi connectivity index (χ0n) is 14.7. The minimum Gasteiger partial charge on any atom is -0.460 e. The van der Waals surface area contributed by atoms with E-state index < -0.39 is 17.5 Å². The summed E-state index contributed by atoms with van der Waals surface area (Å²) in [5.74, 6) is -1.54. The van der Waals surface area contributed by atoms with Crippen LogP contribution in [0.15, 0.2) is 11.6 Å². The van der Waals surface area contributed by atoms with Gasteiger partial charge in [-0.1, -0.05) is 19.9 Å². The van der Waals surface area contributed by atoms with Crippen LogP contribution in [0.4, 0.5) is 0 Å². The molecule has 0 unspecified atom stereocenters. The number of hydrogen-bond acceptors (Lipinski definition) is 6. The topological polar surface area (TPSA) is 76.1 Å². The fourth-order valence-corrected chi connectivity index (χ4v) is 3.95. The zero-order chi connectivity index (χ0) is 17.5. The van der Waals surface area contributed by atoms with Crippen LogP contribution in [0.2, 0.25) is 0 Å². The van der Waals surface area contributed by atoms with Crippen molar-refractivity contribution in [3.63, 3.8) is 0 Å². The summed E-state index contributed by atoms with van der Waals surface area (Å²) in [5.41, 5.74) is -0.642. The molecule has 134 valence electrons. The number of hydrogen-bond donors (Lipinski definition) is 1. The summed E-state index contributed by atoms with van der Waals surface area (Å²) in [4.78, 5) is 27.2. The average molecular weight is 337 g/mol. The molecule has 0 bridgehead atoms. The van der Waals surface area contributed by atoms with Crippen LogP contribution in [0.1, 0.15) is 40.0 Å². The van der Waals surface area contributed by atoms with Crippen LogP contribution >= 0.6 is 0 Å². The van der Waals surface area contributed by atoms with Crippen molar-refractivity contribution in [3.05, 3.63) is 11.6 Å². The molecule has 24 heavy (non-hydrogen) atoms.